The van der Waals surface area contributed by atoms with Crippen molar-refractivity contribution < 1.29 is 9.90 Å². The van der Waals surface area contributed by atoms with Gasteiger partial charge in [-0.3, -0.25) is 4.79 Å². The van der Waals surface area contributed by atoms with Crippen molar-refractivity contribution in [1.82, 2.24) is 4.90 Å². The van der Waals surface area contributed by atoms with Crippen LogP contribution in [0.4, 0.5) is 0 Å². The van der Waals surface area contributed by atoms with E-state index >= 15 is 0 Å². The number of unbranched alkanes of at least 4 members (excludes halogenated alkanes) is 3. The van der Waals surface area contributed by atoms with Crippen molar-refractivity contribution in [2.75, 3.05) is 13.1 Å². The Balaban J connectivity index is 0.000000711. The number of likely N-dealkylation sites (tertiary alicyclic amines) is 1. The van der Waals surface area contributed by atoms with Crippen molar-refractivity contribution in [3.8, 4) is 0 Å². The minimum atomic E-state index is -0.833. The van der Waals surface area contributed by atoms with Crippen LogP contribution in [0.3, 0.4) is 0 Å². The van der Waals surface area contributed by atoms with Crippen molar-refractivity contribution in [1.29, 1.82) is 0 Å². The number of carboxylic acid groups (broad SMARTS) is 1. The van der Waals surface area contributed by atoms with E-state index in [2.05, 4.69) is 18.7 Å². The van der Waals surface area contributed by atoms with Crippen LogP contribution < -0.4 is 0 Å². The topological polar surface area (TPSA) is 40.5 Å². The highest BCUT2D eigenvalue weighted by Crippen LogP contribution is 2.21. The van der Waals surface area contributed by atoms with Crippen molar-refractivity contribution in [3.63, 3.8) is 0 Å². The fraction of sp³-hybridized carbons (Fsp3) is 0.938. The van der Waals surface area contributed by atoms with E-state index in [0.29, 0.717) is 0 Å². The minimum absolute atomic E-state index is 0.833. The van der Waals surface area contributed by atoms with Crippen LogP contribution in [0.2, 0.25) is 0 Å². The number of aliphatic carboxylic acids is 1. The molecule has 0 aromatic rings. The molecule has 0 aromatic carbocycles. The van der Waals surface area contributed by atoms with Crippen molar-refractivity contribution in [2.45, 2.75) is 84.6 Å². The summed E-state index contributed by atoms with van der Waals surface area (Å²) in [6, 6.07) is 0.922. The van der Waals surface area contributed by atoms with Crippen LogP contribution in [0.1, 0.15) is 78.6 Å². The average molecular weight is 271 g/mol. The molecule has 114 valence electrons. The largest absolute Gasteiger partial charge is 0.481 e. The Labute approximate surface area is 119 Å². The predicted molar refractivity (Wildman–Crippen MR) is 81.6 cm³/mol. The first-order valence-corrected chi connectivity index (χ1v) is 8.05. The lowest BCUT2D eigenvalue weighted by Crippen LogP contribution is -2.39. The molecule has 1 fully saturated rings. The third-order valence-corrected chi connectivity index (χ3v) is 3.67. The molecule has 0 saturated carbocycles. The van der Waals surface area contributed by atoms with Gasteiger partial charge in [-0.1, -0.05) is 46.0 Å². The fourth-order valence-electron chi connectivity index (χ4n) is 2.76. The smallest absolute Gasteiger partial charge is 0.300 e. The normalized spacial score (nSPS) is 19.6. The van der Waals surface area contributed by atoms with E-state index in [9.17, 15) is 0 Å². The summed E-state index contributed by atoms with van der Waals surface area (Å²) in [6.45, 7) is 8.44. The third kappa shape index (κ3) is 11.0. The van der Waals surface area contributed by atoms with E-state index in [1.807, 2.05) is 0 Å². The molecule has 19 heavy (non-hydrogen) atoms. The minimum Gasteiger partial charge on any atom is -0.481 e. The average Bonchev–Trinajstić information content (AvgIpc) is 2.36. The quantitative estimate of drug-likeness (QED) is 0.701. The Hall–Kier alpha value is -0.570. The molecule has 1 N–H and O–H groups in total. The van der Waals surface area contributed by atoms with Gasteiger partial charge in [-0.2, -0.15) is 0 Å². The number of rotatable bonds is 7. The molecule has 0 aliphatic carbocycles. The van der Waals surface area contributed by atoms with E-state index < -0.39 is 5.97 Å². The SMILES string of the molecule is CC(=O)O.CCCCCCN1CCCCC1CCC. The van der Waals surface area contributed by atoms with Gasteiger partial charge in [-0.05, 0) is 38.8 Å². The van der Waals surface area contributed by atoms with Gasteiger partial charge in [0.25, 0.3) is 5.97 Å². The Kier molecular flexibility index (Phi) is 12.1. The maximum Gasteiger partial charge on any atom is 0.300 e. The van der Waals surface area contributed by atoms with E-state index in [1.54, 1.807) is 0 Å². The molecule has 0 radical (unpaired) electrons. The summed E-state index contributed by atoms with van der Waals surface area (Å²) in [5.41, 5.74) is 0. The van der Waals surface area contributed by atoms with Gasteiger partial charge in [0.1, 0.15) is 0 Å². The molecule has 0 bridgehead atoms. The molecule has 0 aromatic heterocycles. The summed E-state index contributed by atoms with van der Waals surface area (Å²) >= 11 is 0. The molecule has 1 aliphatic rings. The molecule has 0 amide bonds. The number of carboxylic acids is 1. The summed E-state index contributed by atoms with van der Waals surface area (Å²) < 4.78 is 0. The van der Waals surface area contributed by atoms with Crippen LogP contribution in [0.5, 0.6) is 0 Å². The lowest BCUT2D eigenvalue weighted by molar-refractivity contribution is -0.134. The van der Waals surface area contributed by atoms with Crippen molar-refractivity contribution >= 4 is 5.97 Å². The molecule has 1 aliphatic heterocycles. The second-order valence-corrected chi connectivity index (χ2v) is 5.55. The molecule has 3 nitrogen and oxygen atoms in total. The van der Waals surface area contributed by atoms with Gasteiger partial charge >= 0.3 is 0 Å². The fourth-order valence-corrected chi connectivity index (χ4v) is 2.76. The van der Waals surface area contributed by atoms with Gasteiger partial charge < -0.3 is 10.0 Å². The molecule has 0 spiro atoms. The first-order valence-electron chi connectivity index (χ1n) is 8.05. The molecule has 3 heteroatoms. The van der Waals surface area contributed by atoms with Crippen LogP contribution in [0.15, 0.2) is 0 Å². The van der Waals surface area contributed by atoms with Gasteiger partial charge in [0.2, 0.25) is 0 Å². The second kappa shape index (κ2) is 12.5. The zero-order valence-corrected chi connectivity index (χ0v) is 13.2. The van der Waals surface area contributed by atoms with Gasteiger partial charge in [-0.15, -0.1) is 0 Å². The summed E-state index contributed by atoms with van der Waals surface area (Å²) in [5, 5.41) is 7.42. The molecule has 1 heterocycles. The summed E-state index contributed by atoms with van der Waals surface area (Å²) in [5.74, 6) is -0.833. The van der Waals surface area contributed by atoms with Gasteiger partial charge in [0.05, 0.1) is 0 Å². The lowest BCUT2D eigenvalue weighted by atomic mass is 9.98. The Morgan fingerprint density at radius 2 is 1.84 bits per heavy atom. The first kappa shape index (κ1) is 18.4. The van der Waals surface area contributed by atoms with Crippen LogP contribution in [0, 0.1) is 0 Å². The Morgan fingerprint density at radius 1 is 1.16 bits per heavy atom. The second-order valence-electron chi connectivity index (χ2n) is 5.55. The van der Waals surface area contributed by atoms with Crippen LogP contribution in [0.25, 0.3) is 0 Å². The molecular formula is C16H33NO2. The molecule has 1 saturated heterocycles. The number of nitrogens with zero attached hydrogens (tertiary/aromatic N) is 1. The van der Waals surface area contributed by atoms with E-state index in [1.165, 1.54) is 70.9 Å². The number of carbonyl (C=O) groups is 1. The lowest BCUT2D eigenvalue weighted by Gasteiger charge is -2.35. The third-order valence-electron chi connectivity index (χ3n) is 3.67. The highest BCUT2D eigenvalue weighted by molar-refractivity contribution is 5.62. The number of hydrogen-bond donors (Lipinski definition) is 1. The highest BCUT2D eigenvalue weighted by atomic mass is 16.4. The summed E-state index contributed by atoms with van der Waals surface area (Å²) in [7, 11) is 0. The van der Waals surface area contributed by atoms with E-state index in [-0.39, 0.29) is 0 Å². The maximum absolute atomic E-state index is 9.00. The van der Waals surface area contributed by atoms with Gasteiger partial charge in [0.15, 0.2) is 0 Å². The maximum atomic E-state index is 9.00. The summed E-state index contributed by atoms with van der Waals surface area (Å²) in [4.78, 5) is 11.8. The molecular weight excluding hydrogens is 238 g/mol. The zero-order chi connectivity index (χ0) is 14.5. The van der Waals surface area contributed by atoms with Gasteiger partial charge in [0, 0.05) is 13.0 Å². The van der Waals surface area contributed by atoms with E-state index in [0.717, 1.165) is 13.0 Å². The zero-order valence-electron chi connectivity index (χ0n) is 13.2. The first-order chi connectivity index (χ1) is 9.11. The van der Waals surface area contributed by atoms with Crippen LogP contribution in [-0.4, -0.2) is 35.1 Å². The molecule has 1 rings (SSSR count). The van der Waals surface area contributed by atoms with Crippen LogP contribution in [-0.2, 0) is 4.79 Å². The molecule has 1 atom stereocenters. The Bertz CT molecular complexity index is 213. The van der Waals surface area contributed by atoms with Crippen molar-refractivity contribution in [3.05, 3.63) is 0 Å². The number of hydrogen-bond acceptors (Lipinski definition) is 2. The molecule has 1 unspecified atom stereocenters. The monoisotopic (exact) mass is 271 g/mol. The van der Waals surface area contributed by atoms with Crippen LogP contribution >= 0.6 is 0 Å². The number of piperidine rings is 1. The predicted octanol–water partition coefficient (Wildman–Crippen LogP) is 4.31. The van der Waals surface area contributed by atoms with Crippen molar-refractivity contribution in [2.24, 2.45) is 0 Å². The summed E-state index contributed by atoms with van der Waals surface area (Å²) in [6.07, 6.45) is 12.8. The van der Waals surface area contributed by atoms with E-state index in [4.69, 9.17) is 9.90 Å². The Morgan fingerprint density at radius 3 is 2.42 bits per heavy atom. The standard InChI is InChI=1S/C14H29N.C2H4O2/c1-3-5-6-8-12-15-13-9-7-11-14(15)10-4-2;1-2(3)4/h14H,3-13H2,1-2H3;1H3,(H,3,4). The highest BCUT2D eigenvalue weighted by Gasteiger charge is 2.20. The van der Waals surface area contributed by atoms with Gasteiger partial charge in [-0.25, -0.2) is 0 Å².